The van der Waals surface area contributed by atoms with Crippen molar-refractivity contribution in [3.05, 3.63) is 42.5 Å². The van der Waals surface area contributed by atoms with Gasteiger partial charge < -0.3 is 0 Å². The molecule has 0 radical (unpaired) electrons. The summed E-state index contributed by atoms with van der Waals surface area (Å²) in [6.45, 7) is 3.26. The lowest BCUT2D eigenvalue weighted by Gasteiger charge is -2.25. The fourth-order valence-electron chi connectivity index (χ4n) is 2.49. The Bertz CT molecular complexity index is 486. The van der Waals surface area contributed by atoms with Gasteiger partial charge in [-0.05, 0) is 38.1 Å². The van der Waals surface area contributed by atoms with Crippen LogP contribution in [-0.4, -0.2) is 32.8 Å². The average molecular weight is 242 g/mol. The van der Waals surface area contributed by atoms with E-state index in [2.05, 4.69) is 31.8 Å². The van der Waals surface area contributed by atoms with E-state index in [1.165, 1.54) is 32.4 Å². The molecule has 1 aromatic carbocycles. The number of likely N-dealkylation sites (tertiary alicyclic amines) is 1. The minimum Gasteiger partial charge on any atom is -0.296 e. The number of benzene rings is 1. The maximum Gasteiger partial charge on any atom is 0.151 e. The summed E-state index contributed by atoms with van der Waals surface area (Å²) in [4.78, 5) is 2.47. The lowest BCUT2D eigenvalue weighted by molar-refractivity contribution is 0.215. The molecular formula is C14H18N4. The maximum atomic E-state index is 4.26. The summed E-state index contributed by atoms with van der Waals surface area (Å²) in [6, 6.07) is 10.3. The number of aromatic nitrogens is 3. The van der Waals surface area contributed by atoms with Crippen molar-refractivity contribution >= 4 is 0 Å². The van der Waals surface area contributed by atoms with Crippen LogP contribution in [0.2, 0.25) is 0 Å². The van der Waals surface area contributed by atoms with E-state index in [1.54, 1.807) is 6.33 Å². The highest BCUT2D eigenvalue weighted by Crippen LogP contribution is 2.14. The molecule has 1 saturated heterocycles. The molecular weight excluding hydrogens is 224 g/mol. The highest BCUT2D eigenvalue weighted by atomic mass is 15.3. The molecule has 0 spiro atoms. The Kier molecular flexibility index (Phi) is 3.37. The SMILES string of the molecule is c1ccc(-n2cnnc2CN2CCCCC2)cc1. The largest absolute Gasteiger partial charge is 0.296 e. The second-order valence-electron chi connectivity index (χ2n) is 4.79. The molecule has 0 unspecified atom stereocenters. The van der Waals surface area contributed by atoms with Gasteiger partial charge in [0.25, 0.3) is 0 Å². The highest BCUT2D eigenvalue weighted by Gasteiger charge is 2.14. The number of rotatable bonds is 3. The van der Waals surface area contributed by atoms with Gasteiger partial charge in [-0.15, -0.1) is 10.2 Å². The number of hydrogen-bond donors (Lipinski definition) is 0. The van der Waals surface area contributed by atoms with Gasteiger partial charge in [-0.1, -0.05) is 24.6 Å². The van der Waals surface area contributed by atoms with E-state index >= 15 is 0 Å². The summed E-state index contributed by atoms with van der Waals surface area (Å²) in [6.07, 6.45) is 5.77. The van der Waals surface area contributed by atoms with E-state index in [4.69, 9.17) is 0 Å². The molecule has 4 heteroatoms. The lowest BCUT2D eigenvalue weighted by atomic mass is 10.1. The molecule has 0 amide bonds. The van der Waals surface area contributed by atoms with Gasteiger partial charge in [0.2, 0.25) is 0 Å². The number of nitrogens with zero attached hydrogens (tertiary/aromatic N) is 4. The van der Waals surface area contributed by atoms with Crippen LogP contribution in [-0.2, 0) is 6.54 Å². The summed E-state index contributed by atoms with van der Waals surface area (Å²) in [5.41, 5.74) is 1.13. The number of piperidine rings is 1. The summed E-state index contributed by atoms with van der Waals surface area (Å²) in [5, 5.41) is 8.31. The first-order chi connectivity index (χ1) is 8.93. The predicted molar refractivity (Wildman–Crippen MR) is 70.5 cm³/mol. The zero-order chi connectivity index (χ0) is 12.2. The highest BCUT2D eigenvalue weighted by molar-refractivity contribution is 5.31. The van der Waals surface area contributed by atoms with E-state index in [0.717, 1.165) is 18.1 Å². The fourth-order valence-corrected chi connectivity index (χ4v) is 2.49. The van der Waals surface area contributed by atoms with Crippen LogP contribution in [0.3, 0.4) is 0 Å². The fraction of sp³-hybridized carbons (Fsp3) is 0.429. The Morgan fingerprint density at radius 3 is 2.56 bits per heavy atom. The molecule has 0 aliphatic carbocycles. The van der Waals surface area contributed by atoms with Crippen LogP contribution in [0.25, 0.3) is 5.69 Å². The Labute approximate surface area is 107 Å². The summed E-state index contributed by atoms with van der Waals surface area (Å²) < 4.78 is 2.08. The van der Waals surface area contributed by atoms with E-state index in [9.17, 15) is 0 Å². The quantitative estimate of drug-likeness (QED) is 0.828. The molecule has 0 saturated carbocycles. The third-order valence-electron chi connectivity index (χ3n) is 3.47. The molecule has 0 atom stereocenters. The first-order valence-corrected chi connectivity index (χ1v) is 6.60. The second-order valence-corrected chi connectivity index (χ2v) is 4.79. The van der Waals surface area contributed by atoms with Gasteiger partial charge in [-0.2, -0.15) is 0 Å². The average Bonchev–Trinajstić information content (AvgIpc) is 2.89. The zero-order valence-electron chi connectivity index (χ0n) is 10.5. The zero-order valence-corrected chi connectivity index (χ0v) is 10.5. The Hall–Kier alpha value is -1.68. The first-order valence-electron chi connectivity index (χ1n) is 6.60. The van der Waals surface area contributed by atoms with Crippen LogP contribution in [0.1, 0.15) is 25.1 Å². The minimum absolute atomic E-state index is 0.898. The van der Waals surface area contributed by atoms with E-state index < -0.39 is 0 Å². The van der Waals surface area contributed by atoms with Gasteiger partial charge in [0.1, 0.15) is 6.33 Å². The van der Waals surface area contributed by atoms with Crippen LogP contribution in [0.15, 0.2) is 36.7 Å². The molecule has 0 bridgehead atoms. The number of hydrogen-bond acceptors (Lipinski definition) is 3. The van der Waals surface area contributed by atoms with Gasteiger partial charge in [0.05, 0.1) is 6.54 Å². The normalized spacial score (nSPS) is 16.9. The molecule has 18 heavy (non-hydrogen) atoms. The Balaban J connectivity index is 1.79. The minimum atomic E-state index is 0.898. The molecule has 0 N–H and O–H groups in total. The second kappa shape index (κ2) is 5.31. The molecule has 3 rings (SSSR count). The van der Waals surface area contributed by atoms with Crippen molar-refractivity contribution in [1.82, 2.24) is 19.7 Å². The van der Waals surface area contributed by atoms with Crippen LogP contribution in [0.5, 0.6) is 0 Å². The van der Waals surface area contributed by atoms with Gasteiger partial charge in [-0.3, -0.25) is 9.47 Å². The standard InChI is InChI=1S/C14H18N4/c1-3-7-13(8-4-1)18-12-15-16-14(18)11-17-9-5-2-6-10-17/h1,3-4,7-8,12H,2,5-6,9-11H2. The first kappa shape index (κ1) is 11.4. The van der Waals surface area contributed by atoms with Crippen molar-refractivity contribution in [2.24, 2.45) is 0 Å². The Morgan fingerprint density at radius 2 is 1.78 bits per heavy atom. The van der Waals surface area contributed by atoms with Crippen molar-refractivity contribution in [2.75, 3.05) is 13.1 Å². The summed E-state index contributed by atoms with van der Waals surface area (Å²) in [7, 11) is 0. The van der Waals surface area contributed by atoms with Crippen molar-refractivity contribution < 1.29 is 0 Å². The van der Waals surface area contributed by atoms with Crippen LogP contribution >= 0.6 is 0 Å². The molecule has 94 valence electrons. The topological polar surface area (TPSA) is 34.0 Å². The van der Waals surface area contributed by atoms with E-state index in [0.29, 0.717) is 0 Å². The molecule has 2 heterocycles. The van der Waals surface area contributed by atoms with Crippen molar-refractivity contribution in [1.29, 1.82) is 0 Å². The van der Waals surface area contributed by atoms with Gasteiger partial charge >= 0.3 is 0 Å². The van der Waals surface area contributed by atoms with Crippen molar-refractivity contribution in [2.45, 2.75) is 25.8 Å². The van der Waals surface area contributed by atoms with Crippen molar-refractivity contribution in [3.63, 3.8) is 0 Å². The van der Waals surface area contributed by atoms with E-state index in [-0.39, 0.29) is 0 Å². The van der Waals surface area contributed by atoms with Gasteiger partial charge in [0.15, 0.2) is 5.82 Å². The summed E-state index contributed by atoms with van der Waals surface area (Å²) in [5.74, 6) is 1.03. The molecule has 1 aromatic heterocycles. The molecule has 2 aromatic rings. The summed E-state index contributed by atoms with van der Waals surface area (Å²) >= 11 is 0. The third kappa shape index (κ3) is 2.43. The van der Waals surface area contributed by atoms with Gasteiger partial charge in [-0.25, -0.2) is 0 Å². The molecule has 4 nitrogen and oxygen atoms in total. The maximum absolute atomic E-state index is 4.26. The van der Waals surface area contributed by atoms with Crippen LogP contribution in [0, 0.1) is 0 Å². The third-order valence-corrected chi connectivity index (χ3v) is 3.47. The van der Waals surface area contributed by atoms with Crippen molar-refractivity contribution in [3.8, 4) is 5.69 Å². The predicted octanol–water partition coefficient (Wildman–Crippen LogP) is 2.25. The lowest BCUT2D eigenvalue weighted by Crippen LogP contribution is -2.30. The molecule has 1 fully saturated rings. The molecule has 1 aliphatic rings. The molecule has 1 aliphatic heterocycles. The van der Waals surface area contributed by atoms with Crippen LogP contribution < -0.4 is 0 Å². The monoisotopic (exact) mass is 242 g/mol. The smallest absolute Gasteiger partial charge is 0.151 e. The van der Waals surface area contributed by atoms with Crippen LogP contribution in [0.4, 0.5) is 0 Å². The number of para-hydroxylation sites is 1. The van der Waals surface area contributed by atoms with Gasteiger partial charge in [0, 0.05) is 5.69 Å². The van der Waals surface area contributed by atoms with E-state index in [1.807, 2.05) is 18.2 Å². The Morgan fingerprint density at radius 1 is 1.00 bits per heavy atom.